The van der Waals surface area contributed by atoms with E-state index in [4.69, 9.17) is 30.1 Å². The number of phenolic OH excluding ortho intramolecular Hbond substituents is 1. The third-order valence-electron chi connectivity index (χ3n) is 6.58. The summed E-state index contributed by atoms with van der Waals surface area (Å²) in [4.78, 5) is 29.9. The number of aromatic hydroxyl groups is 1. The number of carbonyl (C=O) groups excluding carboxylic acids is 1. The maximum Gasteiger partial charge on any atom is 0.347 e. The molecule has 5 rings (SSSR count). The van der Waals surface area contributed by atoms with Crippen molar-refractivity contribution in [1.29, 1.82) is 5.41 Å². The van der Waals surface area contributed by atoms with Gasteiger partial charge in [0.15, 0.2) is 11.5 Å². The Hall–Kier alpha value is -5.73. The molecule has 4 aromatic rings. The standard InChI is InChI=1S/C30H29F2N7O6/c1-3-42-30(41)22(13-18-14-35-15-37-18)44-25-23(31)28(43-19-6-4-5-17(11-19)27-36-9-10-39(27)2)38-29(24(25)32)45-21-12-16(26(33)34)7-8-20(21)40/h4-8,11-12,14-15,22,40H,3,9-10,13H2,1-2H3,(H3,33,34)(H,35,37). The molecule has 1 aliphatic rings. The number of esters is 1. The van der Waals surface area contributed by atoms with Crippen LogP contribution in [0.4, 0.5) is 8.78 Å². The molecular formula is C30H29F2N7O6. The van der Waals surface area contributed by atoms with E-state index in [9.17, 15) is 9.90 Å². The van der Waals surface area contributed by atoms with Gasteiger partial charge in [-0.1, -0.05) is 12.1 Å². The maximum absolute atomic E-state index is 16.0. The average Bonchev–Trinajstić information content (AvgIpc) is 3.70. The van der Waals surface area contributed by atoms with Crippen LogP contribution >= 0.6 is 0 Å². The lowest BCUT2D eigenvalue weighted by molar-refractivity contribution is -0.151. The number of phenols is 1. The lowest BCUT2D eigenvalue weighted by atomic mass is 10.2. The van der Waals surface area contributed by atoms with Gasteiger partial charge in [-0.3, -0.25) is 10.4 Å². The van der Waals surface area contributed by atoms with Crippen molar-refractivity contribution < 1.29 is 37.6 Å². The van der Waals surface area contributed by atoms with E-state index in [2.05, 4.69) is 19.9 Å². The van der Waals surface area contributed by atoms with Crippen LogP contribution in [0.5, 0.6) is 34.8 Å². The highest BCUT2D eigenvalue weighted by molar-refractivity contribution is 6.00. The second-order valence-corrected chi connectivity index (χ2v) is 9.76. The summed E-state index contributed by atoms with van der Waals surface area (Å²) < 4.78 is 54.0. The quantitative estimate of drug-likeness (QED) is 0.103. The minimum Gasteiger partial charge on any atom is -0.504 e. The van der Waals surface area contributed by atoms with Gasteiger partial charge in [0, 0.05) is 37.3 Å². The first-order chi connectivity index (χ1) is 21.6. The highest BCUT2D eigenvalue weighted by atomic mass is 19.1. The van der Waals surface area contributed by atoms with Gasteiger partial charge in [0.25, 0.3) is 11.8 Å². The van der Waals surface area contributed by atoms with Crippen molar-refractivity contribution in [3.8, 4) is 34.8 Å². The minimum atomic E-state index is -1.53. The topological polar surface area (TPSA) is 181 Å². The predicted molar refractivity (Wildman–Crippen MR) is 157 cm³/mol. The van der Waals surface area contributed by atoms with Crippen LogP contribution < -0.4 is 19.9 Å². The molecule has 0 fully saturated rings. The third kappa shape index (κ3) is 6.92. The molecule has 0 aliphatic carbocycles. The molecule has 234 valence electrons. The van der Waals surface area contributed by atoms with Crippen LogP contribution in [0.1, 0.15) is 23.7 Å². The highest BCUT2D eigenvalue weighted by Crippen LogP contribution is 2.40. The monoisotopic (exact) mass is 621 g/mol. The molecule has 15 heteroatoms. The minimum absolute atomic E-state index is 0.0219. The molecule has 1 aliphatic heterocycles. The van der Waals surface area contributed by atoms with Gasteiger partial charge in [-0.15, -0.1) is 0 Å². The molecule has 0 spiro atoms. The summed E-state index contributed by atoms with van der Waals surface area (Å²) >= 11 is 0. The van der Waals surface area contributed by atoms with E-state index in [-0.39, 0.29) is 35.9 Å². The SMILES string of the molecule is CCOC(=O)C(Cc1c[nH]cn1)Oc1c(F)c(Oc2cccc(C3=NCCN3C)c2)nc(Oc2cc(C(=N)N)ccc2O)c1F. The maximum atomic E-state index is 16.0. The normalized spacial score (nSPS) is 13.2. The third-order valence-corrected chi connectivity index (χ3v) is 6.58. The molecule has 13 nitrogen and oxygen atoms in total. The van der Waals surface area contributed by atoms with E-state index in [0.29, 0.717) is 23.6 Å². The van der Waals surface area contributed by atoms with E-state index < -0.39 is 47.0 Å². The van der Waals surface area contributed by atoms with Gasteiger partial charge < -0.3 is 39.7 Å². The zero-order chi connectivity index (χ0) is 32.1. The summed E-state index contributed by atoms with van der Waals surface area (Å²) in [6.07, 6.45) is 1.12. The van der Waals surface area contributed by atoms with E-state index in [1.165, 1.54) is 36.8 Å². The number of amidine groups is 2. The van der Waals surface area contributed by atoms with Crippen molar-refractivity contribution >= 4 is 17.6 Å². The molecule has 5 N–H and O–H groups in total. The number of aromatic amines is 1. The number of benzene rings is 2. The van der Waals surface area contributed by atoms with Crippen molar-refractivity contribution in [2.24, 2.45) is 10.7 Å². The first-order valence-electron chi connectivity index (χ1n) is 13.7. The Balaban J connectivity index is 1.57. The van der Waals surface area contributed by atoms with Crippen LogP contribution in [0.15, 0.2) is 60.0 Å². The molecular weight excluding hydrogens is 592 g/mol. The molecule has 0 radical (unpaired) electrons. The number of rotatable bonds is 12. The fourth-order valence-corrected chi connectivity index (χ4v) is 4.38. The van der Waals surface area contributed by atoms with Crippen LogP contribution in [-0.2, 0) is 16.0 Å². The van der Waals surface area contributed by atoms with Crippen LogP contribution in [0.2, 0.25) is 0 Å². The first-order valence-corrected chi connectivity index (χ1v) is 13.7. The van der Waals surface area contributed by atoms with Crippen LogP contribution in [0, 0.1) is 17.0 Å². The molecule has 0 bridgehead atoms. The Bertz CT molecular complexity index is 1750. The Morgan fingerprint density at radius 1 is 1.18 bits per heavy atom. The number of H-pyrrole nitrogens is 1. The molecule has 3 heterocycles. The number of halogens is 2. The number of nitrogen functional groups attached to an aromatic ring is 1. The molecule has 0 saturated heterocycles. The van der Waals surface area contributed by atoms with Gasteiger partial charge in [-0.2, -0.15) is 13.8 Å². The number of carbonyl (C=O) groups is 1. The number of nitrogens with one attached hydrogen (secondary N) is 2. The second-order valence-electron chi connectivity index (χ2n) is 9.76. The number of aromatic nitrogens is 3. The molecule has 2 aromatic carbocycles. The number of likely N-dealkylation sites (N-methyl/N-ethyl adjacent to an activating group) is 1. The second kappa shape index (κ2) is 13.3. The van der Waals surface area contributed by atoms with E-state index in [0.717, 1.165) is 6.54 Å². The summed E-state index contributed by atoms with van der Waals surface area (Å²) in [7, 11) is 1.88. The van der Waals surface area contributed by atoms with E-state index >= 15 is 8.78 Å². The number of hydrogen-bond donors (Lipinski definition) is 4. The fourth-order valence-electron chi connectivity index (χ4n) is 4.38. The highest BCUT2D eigenvalue weighted by Gasteiger charge is 2.32. The number of imidazole rings is 1. The number of ether oxygens (including phenoxy) is 4. The summed E-state index contributed by atoms with van der Waals surface area (Å²) in [5.41, 5.74) is 6.74. The Labute approximate surface area is 255 Å². The number of nitrogens with zero attached hydrogens (tertiary/aromatic N) is 4. The molecule has 1 unspecified atom stereocenters. The van der Waals surface area contributed by atoms with Crippen molar-refractivity contribution in [3.63, 3.8) is 0 Å². The lowest BCUT2D eigenvalue weighted by Crippen LogP contribution is -2.32. The summed E-state index contributed by atoms with van der Waals surface area (Å²) in [5.74, 6) is -6.72. The average molecular weight is 622 g/mol. The fraction of sp³-hybridized carbons (Fsp3) is 0.233. The van der Waals surface area contributed by atoms with E-state index in [1.807, 2.05) is 11.9 Å². The Kier molecular flexibility index (Phi) is 9.07. The number of hydrogen-bond acceptors (Lipinski definition) is 11. The first kappa shape index (κ1) is 30.7. The summed E-state index contributed by atoms with van der Waals surface area (Å²) in [6, 6.07) is 10.3. The molecule has 0 saturated carbocycles. The predicted octanol–water partition coefficient (Wildman–Crippen LogP) is 3.90. The smallest absolute Gasteiger partial charge is 0.347 e. The summed E-state index contributed by atoms with van der Waals surface area (Å²) in [5, 5.41) is 18.0. The Morgan fingerprint density at radius 2 is 1.96 bits per heavy atom. The number of aliphatic imine (C=N–C) groups is 1. The van der Waals surface area contributed by atoms with Gasteiger partial charge in [0.2, 0.25) is 23.5 Å². The van der Waals surface area contributed by atoms with Crippen molar-refractivity contribution in [1.82, 2.24) is 19.9 Å². The summed E-state index contributed by atoms with van der Waals surface area (Å²) in [6.45, 7) is 2.89. The van der Waals surface area contributed by atoms with Crippen molar-refractivity contribution in [2.75, 3.05) is 26.7 Å². The van der Waals surface area contributed by atoms with Crippen molar-refractivity contribution in [3.05, 3.63) is 83.4 Å². The molecule has 2 aromatic heterocycles. The number of pyridine rings is 1. The van der Waals surface area contributed by atoms with Gasteiger partial charge in [-0.25, -0.2) is 9.78 Å². The van der Waals surface area contributed by atoms with Gasteiger partial charge in [0.05, 0.1) is 25.2 Å². The lowest BCUT2D eigenvalue weighted by Gasteiger charge is -2.20. The van der Waals surface area contributed by atoms with Crippen molar-refractivity contribution in [2.45, 2.75) is 19.4 Å². The van der Waals surface area contributed by atoms with Gasteiger partial charge in [-0.05, 0) is 37.3 Å². The van der Waals surface area contributed by atoms with Gasteiger partial charge >= 0.3 is 5.97 Å². The van der Waals surface area contributed by atoms with Crippen LogP contribution in [0.25, 0.3) is 0 Å². The molecule has 45 heavy (non-hydrogen) atoms. The zero-order valence-corrected chi connectivity index (χ0v) is 24.2. The van der Waals surface area contributed by atoms with Crippen LogP contribution in [-0.4, -0.2) is 75.4 Å². The molecule has 1 atom stereocenters. The van der Waals surface area contributed by atoms with Crippen LogP contribution in [0.3, 0.4) is 0 Å². The number of nitrogens with two attached hydrogens (primary N) is 1. The van der Waals surface area contributed by atoms with E-state index in [1.54, 1.807) is 25.1 Å². The Morgan fingerprint density at radius 3 is 2.62 bits per heavy atom. The zero-order valence-electron chi connectivity index (χ0n) is 24.2. The van der Waals surface area contributed by atoms with Gasteiger partial charge in [0.1, 0.15) is 17.4 Å². The largest absolute Gasteiger partial charge is 0.504 e. The molecule has 0 amide bonds.